The fourth-order valence-electron chi connectivity index (χ4n) is 4.44. The molecule has 0 saturated carbocycles. The van der Waals surface area contributed by atoms with Gasteiger partial charge in [0.25, 0.3) is 0 Å². The molecule has 2 aliphatic heterocycles. The second-order valence-corrected chi connectivity index (χ2v) is 9.85. The molecule has 37 heavy (non-hydrogen) atoms. The Morgan fingerprint density at radius 2 is 2.19 bits per heavy atom. The minimum Gasteiger partial charge on any atom is -0.438 e. The summed E-state index contributed by atoms with van der Waals surface area (Å²) in [6.07, 6.45) is 2.08. The molecule has 0 bridgehead atoms. The number of aliphatic imine (C=N–C) groups is 1. The quantitative estimate of drug-likeness (QED) is 0.444. The van der Waals surface area contributed by atoms with E-state index in [0.29, 0.717) is 32.4 Å². The van der Waals surface area contributed by atoms with E-state index in [1.54, 1.807) is 11.6 Å². The van der Waals surface area contributed by atoms with E-state index in [1.807, 2.05) is 4.90 Å². The molecule has 0 radical (unpaired) electrons. The van der Waals surface area contributed by atoms with Crippen LogP contribution in [-0.4, -0.2) is 57.5 Å². The van der Waals surface area contributed by atoms with Crippen LogP contribution in [-0.2, 0) is 9.47 Å². The Bertz CT molecular complexity index is 1400. The van der Waals surface area contributed by atoms with Gasteiger partial charge in [-0.05, 0) is 18.2 Å². The highest BCUT2D eigenvalue weighted by molar-refractivity contribution is 7.11. The number of nitrogens with zero attached hydrogens (tertiary/aromatic N) is 5. The van der Waals surface area contributed by atoms with E-state index < -0.39 is 30.1 Å². The topological polar surface area (TPSA) is 108 Å². The van der Waals surface area contributed by atoms with Gasteiger partial charge in [-0.1, -0.05) is 17.7 Å². The van der Waals surface area contributed by atoms with Crippen molar-refractivity contribution in [3.63, 3.8) is 0 Å². The Morgan fingerprint density at radius 3 is 2.84 bits per heavy atom. The molecule has 2 N–H and O–H groups in total. The molecule has 1 saturated heterocycles. The summed E-state index contributed by atoms with van der Waals surface area (Å²) in [6.45, 7) is -2.85. The van der Waals surface area contributed by atoms with Crippen molar-refractivity contribution < 1.29 is 27.4 Å². The first-order valence-corrected chi connectivity index (χ1v) is 12.2. The first-order valence-electron chi connectivity index (χ1n) is 11.0. The Hall–Kier alpha value is -3.42. The predicted molar refractivity (Wildman–Crippen MR) is 130 cm³/mol. The summed E-state index contributed by atoms with van der Waals surface area (Å²) in [5.41, 5.74) is 7.37. The summed E-state index contributed by atoms with van der Waals surface area (Å²) < 4.78 is 51.0. The number of aromatic nitrogens is 3. The Morgan fingerprint density at radius 1 is 1.38 bits per heavy atom. The Kier molecular flexibility index (Phi) is 6.68. The van der Waals surface area contributed by atoms with Gasteiger partial charge in [0.2, 0.25) is 0 Å². The molecule has 2 aromatic heterocycles. The molecule has 194 valence electrons. The van der Waals surface area contributed by atoms with Crippen LogP contribution in [0.1, 0.15) is 35.3 Å². The monoisotopic (exact) mass is 552 g/mol. The molecule has 2 aliphatic rings. The Balaban J connectivity index is 1.69. The van der Waals surface area contributed by atoms with Crippen LogP contribution in [0.15, 0.2) is 52.7 Å². The van der Waals surface area contributed by atoms with E-state index in [0.717, 1.165) is 12.3 Å². The van der Waals surface area contributed by atoms with Gasteiger partial charge in [0.1, 0.15) is 18.5 Å². The molecule has 1 aromatic carbocycles. The van der Waals surface area contributed by atoms with Gasteiger partial charge in [0.05, 0.1) is 18.3 Å². The van der Waals surface area contributed by atoms with Gasteiger partial charge in [0.15, 0.2) is 10.8 Å². The average Bonchev–Trinajstić information content (AvgIpc) is 3.62. The van der Waals surface area contributed by atoms with Gasteiger partial charge >= 0.3 is 12.7 Å². The van der Waals surface area contributed by atoms with Crippen molar-refractivity contribution in [1.29, 1.82) is 0 Å². The number of thiazole rings is 1. The highest BCUT2D eigenvalue weighted by Crippen LogP contribution is 2.47. The number of fused-ring (bicyclic) bond motifs is 1. The molecular weight excluding hydrogens is 533 g/mol. The van der Waals surface area contributed by atoms with Crippen molar-refractivity contribution in [2.24, 2.45) is 10.7 Å². The second-order valence-electron chi connectivity index (χ2n) is 8.55. The van der Waals surface area contributed by atoms with E-state index in [9.17, 15) is 18.0 Å². The molecule has 0 unspecified atom stereocenters. The van der Waals surface area contributed by atoms with Crippen LogP contribution in [0.2, 0.25) is 5.02 Å². The van der Waals surface area contributed by atoms with Gasteiger partial charge in [-0.15, -0.1) is 11.3 Å². The number of hydrogen-bond donors (Lipinski definition) is 1. The molecule has 9 nitrogen and oxygen atoms in total. The number of amidine groups is 1. The first-order chi connectivity index (χ1) is 17.7. The number of nitrogens with two attached hydrogens (primary N) is 1. The number of hydrogen-bond acceptors (Lipinski definition) is 9. The number of halogens is 4. The van der Waals surface area contributed by atoms with Crippen LogP contribution in [0.5, 0.6) is 0 Å². The first kappa shape index (κ1) is 25.2. The number of carbonyl (C=O) groups is 1. The zero-order chi connectivity index (χ0) is 26.3. The van der Waals surface area contributed by atoms with Crippen molar-refractivity contribution >= 4 is 40.5 Å². The number of alkyl halides is 2. The molecule has 4 heterocycles. The lowest BCUT2D eigenvalue weighted by Crippen LogP contribution is -2.48. The summed E-state index contributed by atoms with van der Waals surface area (Å²) in [5.74, 6) is -0.0638. The Labute approximate surface area is 218 Å². The average molecular weight is 553 g/mol. The highest BCUT2D eigenvalue weighted by atomic mass is 35.5. The number of carbonyl (C=O) groups excluding carboxylic acids is 1. The van der Waals surface area contributed by atoms with Gasteiger partial charge in [-0.2, -0.15) is 13.9 Å². The van der Waals surface area contributed by atoms with Crippen molar-refractivity contribution in [2.75, 3.05) is 20.3 Å². The van der Waals surface area contributed by atoms with Crippen LogP contribution in [0.4, 0.5) is 18.0 Å². The lowest BCUT2D eigenvalue weighted by molar-refractivity contribution is 0.0556. The molecule has 14 heteroatoms. The number of ether oxygens (including phenoxy) is 2. The van der Waals surface area contributed by atoms with Crippen molar-refractivity contribution in [3.05, 3.63) is 74.8 Å². The van der Waals surface area contributed by atoms with E-state index in [1.165, 1.54) is 36.6 Å². The number of benzene rings is 1. The molecule has 3 aromatic rings. The largest absolute Gasteiger partial charge is 0.508 e. The van der Waals surface area contributed by atoms with Crippen LogP contribution in [0, 0.1) is 5.82 Å². The van der Waals surface area contributed by atoms with Gasteiger partial charge < -0.3 is 20.1 Å². The summed E-state index contributed by atoms with van der Waals surface area (Å²) in [6, 6.07) is 4.52. The fraction of sp³-hybridized carbons (Fsp3) is 0.304. The lowest BCUT2D eigenvalue weighted by atomic mass is 9.90. The molecule has 1 fully saturated rings. The van der Waals surface area contributed by atoms with Crippen LogP contribution in [0.3, 0.4) is 0 Å². The zero-order valence-corrected chi connectivity index (χ0v) is 20.8. The third-order valence-electron chi connectivity index (χ3n) is 6.02. The minimum absolute atomic E-state index is 0.109. The van der Waals surface area contributed by atoms with Gasteiger partial charge in [-0.25, -0.2) is 18.9 Å². The highest BCUT2D eigenvalue weighted by Gasteiger charge is 2.47. The molecular formula is C23H20ClF3N6O3S. The van der Waals surface area contributed by atoms with Crippen LogP contribution < -0.4 is 5.73 Å². The molecule has 5 rings (SSSR count). The fourth-order valence-corrected chi connectivity index (χ4v) is 5.35. The van der Waals surface area contributed by atoms with Crippen LogP contribution >= 0.6 is 22.9 Å². The summed E-state index contributed by atoms with van der Waals surface area (Å²) in [7, 11) is 1.19. The standard InChI is InChI=1S/C23H20ClF3N6O3S/c1-35-22(34)36-11-23(28)9-16-17(15-4-6-33(31-15)21(26)27)18(13-3-2-12(25)8-14(13)24)30-19(32(16)10-23)20-29-5-7-37-20/h2-8,18,21H,9-11,28H2,1H3/t18-,23+/m0/s1. The maximum atomic E-state index is 13.9. The van der Waals surface area contributed by atoms with E-state index >= 15 is 0 Å². The van der Waals surface area contributed by atoms with Crippen molar-refractivity contribution in [1.82, 2.24) is 19.7 Å². The number of rotatable bonds is 6. The maximum absolute atomic E-state index is 13.9. The predicted octanol–water partition coefficient (Wildman–Crippen LogP) is 4.63. The van der Waals surface area contributed by atoms with Gasteiger partial charge in [-0.3, -0.25) is 4.99 Å². The molecule has 0 spiro atoms. The lowest BCUT2D eigenvalue weighted by Gasteiger charge is -2.32. The molecule has 2 atom stereocenters. The summed E-state index contributed by atoms with van der Waals surface area (Å²) in [4.78, 5) is 22.8. The van der Waals surface area contributed by atoms with Crippen molar-refractivity contribution in [3.8, 4) is 0 Å². The number of methoxy groups -OCH3 is 1. The van der Waals surface area contributed by atoms with E-state index in [-0.39, 0.29) is 30.3 Å². The summed E-state index contributed by atoms with van der Waals surface area (Å²) >= 11 is 7.79. The van der Waals surface area contributed by atoms with E-state index in [4.69, 9.17) is 27.1 Å². The normalized spacial score (nSPS) is 21.3. The van der Waals surface area contributed by atoms with Crippen molar-refractivity contribution in [2.45, 2.75) is 24.6 Å². The minimum atomic E-state index is -2.85. The molecule has 0 aliphatic carbocycles. The third-order valence-corrected chi connectivity index (χ3v) is 7.12. The summed E-state index contributed by atoms with van der Waals surface area (Å²) in [5, 5.41) is 6.55. The SMILES string of the molecule is COC(=O)OC[C@@]1(N)CC2=C(c3ccn(C(F)F)n3)[C@H](c3ccc(F)cc3Cl)N=C(c3nccs3)N2C1. The smallest absolute Gasteiger partial charge is 0.438 e. The molecule has 0 amide bonds. The van der Waals surface area contributed by atoms with Gasteiger partial charge in [0, 0.05) is 52.6 Å². The third kappa shape index (κ3) is 4.81. The second kappa shape index (κ2) is 9.80. The van der Waals surface area contributed by atoms with E-state index in [2.05, 4.69) is 14.8 Å². The van der Waals surface area contributed by atoms with Crippen LogP contribution in [0.25, 0.3) is 5.57 Å². The maximum Gasteiger partial charge on any atom is 0.508 e. The zero-order valence-electron chi connectivity index (χ0n) is 19.3.